The van der Waals surface area contributed by atoms with Crippen LogP contribution in [-0.2, 0) is 7.05 Å². The molecule has 0 spiro atoms. The van der Waals surface area contributed by atoms with Crippen molar-refractivity contribution < 1.29 is 19.7 Å². The monoisotopic (exact) mass is 488 g/mol. The Bertz CT molecular complexity index is 1520. The van der Waals surface area contributed by atoms with Crippen LogP contribution in [0.5, 0.6) is 23.0 Å². The van der Waals surface area contributed by atoms with Crippen LogP contribution in [0.15, 0.2) is 75.3 Å². The van der Waals surface area contributed by atoms with E-state index in [0.29, 0.717) is 34.5 Å². The molecule has 1 aromatic heterocycles. The van der Waals surface area contributed by atoms with E-state index in [4.69, 9.17) is 14.5 Å². The fourth-order valence-electron chi connectivity index (χ4n) is 4.39. The number of phenols is 1. The van der Waals surface area contributed by atoms with Gasteiger partial charge >= 0.3 is 0 Å². The molecule has 0 bridgehead atoms. The molecule has 0 unspecified atom stereocenters. The van der Waals surface area contributed by atoms with Crippen molar-refractivity contribution in [3.8, 4) is 23.0 Å². The first-order chi connectivity index (χ1) is 16.9. The van der Waals surface area contributed by atoms with E-state index >= 15 is 0 Å². The second-order valence-electron chi connectivity index (χ2n) is 8.22. The maximum absolute atomic E-state index is 13.5. The SMILES string of the molecule is COc1cc([C@H]2CC(c3c(O)c4ccccc4n(C)c3=O)=Nc3ccccc3S2)cc(OC)c1O. The average molecular weight is 489 g/mol. The number of aliphatic imine (C=N–C) groups is 1. The molecule has 35 heavy (non-hydrogen) atoms. The molecule has 0 saturated heterocycles. The summed E-state index contributed by atoms with van der Waals surface area (Å²) in [5.74, 6) is 0.431. The smallest absolute Gasteiger partial charge is 0.263 e. The number of aromatic nitrogens is 1. The van der Waals surface area contributed by atoms with E-state index < -0.39 is 0 Å². The number of ether oxygens (including phenoxy) is 2. The number of hydrogen-bond donors (Lipinski definition) is 2. The van der Waals surface area contributed by atoms with Crippen LogP contribution >= 0.6 is 11.8 Å². The van der Waals surface area contributed by atoms with Crippen molar-refractivity contribution in [3.63, 3.8) is 0 Å². The second kappa shape index (κ2) is 9.03. The number of para-hydroxylation sites is 2. The quantitative estimate of drug-likeness (QED) is 0.404. The summed E-state index contributed by atoms with van der Waals surface area (Å²) in [6.07, 6.45) is 0.359. The number of hydrogen-bond acceptors (Lipinski definition) is 7. The minimum absolute atomic E-state index is 0.0762. The van der Waals surface area contributed by atoms with Crippen LogP contribution in [0.1, 0.15) is 22.8 Å². The maximum Gasteiger partial charge on any atom is 0.263 e. The van der Waals surface area contributed by atoms with Gasteiger partial charge in [0.25, 0.3) is 5.56 Å². The highest BCUT2D eigenvalue weighted by Gasteiger charge is 2.28. The summed E-state index contributed by atoms with van der Waals surface area (Å²) in [6.45, 7) is 0. The Balaban J connectivity index is 1.73. The third-order valence-electron chi connectivity index (χ3n) is 6.21. The molecule has 2 heterocycles. The predicted molar refractivity (Wildman–Crippen MR) is 138 cm³/mol. The first-order valence-electron chi connectivity index (χ1n) is 11.0. The molecule has 1 atom stereocenters. The summed E-state index contributed by atoms with van der Waals surface area (Å²) in [6, 6.07) is 18.5. The van der Waals surface area contributed by atoms with Gasteiger partial charge in [-0.05, 0) is 42.0 Å². The van der Waals surface area contributed by atoms with Crippen LogP contribution in [0.4, 0.5) is 5.69 Å². The highest BCUT2D eigenvalue weighted by molar-refractivity contribution is 7.99. The number of fused-ring (bicyclic) bond motifs is 2. The molecule has 7 nitrogen and oxygen atoms in total. The molecule has 0 radical (unpaired) electrons. The molecule has 1 aliphatic rings. The number of phenolic OH excluding ortho intramolecular Hbond substituents is 1. The van der Waals surface area contributed by atoms with Gasteiger partial charge < -0.3 is 24.3 Å². The Morgan fingerprint density at radius 3 is 2.34 bits per heavy atom. The fourth-order valence-corrected chi connectivity index (χ4v) is 5.61. The third kappa shape index (κ3) is 3.89. The zero-order valence-corrected chi connectivity index (χ0v) is 20.3. The summed E-state index contributed by atoms with van der Waals surface area (Å²) in [4.78, 5) is 19.3. The standard InChI is InChI=1S/C27H24N2O5S/c1-29-19-10-6-4-8-16(19)25(30)24(27(29)32)18-14-23(35-22-11-7-5-9-17(22)28-18)15-12-20(33-2)26(31)21(13-15)34-3/h4-13,23,30-31H,14H2,1-3H3/t23-/m1/s1. The Morgan fingerprint density at radius 2 is 1.63 bits per heavy atom. The number of rotatable bonds is 4. The van der Waals surface area contributed by atoms with Crippen LogP contribution in [-0.4, -0.2) is 34.7 Å². The molecular weight excluding hydrogens is 464 g/mol. The summed E-state index contributed by atoms with van der Waals surface area (Å²) < 4.78 is 12.3. The topological polar surface area (TPSA) is 93.3 Å². The summed E-state index contributed by atoms with van der Waals surface area (Å²) >= 11 is 1.60. The van der Waals surface area contributed by atoms with Gasteiger partial charge in [0.2, 0.25) is 5.75 Å². The van der Waals surface area contributed by atoms with Crippen LogP contribution in [0.25, 0.3) is 10.9 Å². The lowest BCUT2D eigenvalue weighted by molar-refractivity contribution is 0.339. The van der Waals surface area contributed by atoms with E-state index in [1.54, 1.807) is 47.6 Å². The van der Waals surface area contributed by atoms with Gasteiger partial charge in [-0.2, -0.15) is 0 Å². The first kappa shape index (κ1) is 22.9. The highest BCUT2D eigenvalue weighted by Crippen LogP contribution is 2.49. The lowest BCUT2D eigenvalue weighted by Crippen LogP contribution is -2.25. The molecule has 1 aliphatic heterocycles. The van der Waals surface area contributed by atoms with Crippen LogP contribution in [0.2, 0.25) is 0 Å². The van der Waals surface area contributed by atoms with Crippen molar-refractivity contribution in [1.29, 1.82) is 0 Å². The van der Waals surface area contributed by atoms with E-state index in [-0.39, 0.29) is 27.9 Å². The van der Waals surface area contributed by atoms with E-state index in [9.17, 15) is 15.0 Å². The molecule has 0 saturated carbocycles. The van der Waals surface area contributed by atoms with Gasteiger partial charge in [-0.25, -0.2) is 0 Å². The minimum Gasteiger partial charge on any atom is -0.506 e. The minimum atomic E-state index is -0.316. The van der Waals surface area contributed by atoms with E-state index in [1.165, 1.54) is 14.2 Å². The lowest BCUT2D eigenvalue weighted by Gasteiger charge is -2.19. The molecular formula is C27H24N2O5S. The molecule has 0 amide bonds. The van der Waals surface area contributed by atoms with Gasteiger partial charge in [-0.1, -0.05) is 24.3 Å². The fraction of sp³-hybridized carbons (Fsp3) is 0.185. The maximum atomic E-state index is 13.5. The van der Waals surface area contributed by atoms with Gasteiger partial charge in [0, 0.05) is 29.0 Å². The van der Waals surface area contributed by atoms with Crippen molar-refractivity contribution >= 4 is 34.1 Å². The number of methoxy groups -OCH3 is 2. The van der Waals surface area contributed by atoms with Crippen molar-refractivity contribution in [2.45, 2.75) is 16.6 Å². The van der Waals surface area contributed by atoms with Gasteiger partial charge in [-0.3, -0.25) is 9.79 Å². The average Bonchev–Trinajstić information content (AvgIpc) is 3.07. The number of nitrogens with zero attached hydrogens (tertiary/aromatic N) is 2. The van der Waals surface area contributed by atoms with Crippen molar-refractivity contribution in [2.24, 2.45) is 12.0 Å². The predicted octanol–water partition coefficient (Wildman–Crippen LogP) is 5.32. The Hall–Kier alpha value is -3.91. The zero-order valence-electron chi connectivity index (χ0n) is 19.5. The summed E-state index contributed by atoms with van der Waals surface area (Å²) in [5.41, 5.74) is 2.56. The van der Waals surface area contributed by atoms with E-state index in [2.05, 4.69) is 0 Å². The molecule has 5 rings (SSSR count). The normalized spacial score (nSPS) is 15.3. The van der Waals surface area contributed by atoms with Gasteiger partial charge in [0.1, 0.15) is 11.3 Å². The van der Waals surface area contributed by atoms with Crippen molar-refractivity contribution in [1.82, 2.24) is 4.57 Å². The summed E-state index contributed by atoms with van der Waals surface area (Å²) in [7, 11) is 4.66. The molecule has 2 N–H and O–H groups in total. The molecule has 178 valence electrons. The molecule has 0 fully saturated rings. The third-order valence-corrected chi connectivity index (χ3v) is 7.53. The van der Waals surface area contributed by atoms with Crippen LogP contribution in [0, 0.1) is 0 Å². The Kier molecular flexibility index (Phi) is 5.90. The molecule has 0 aliphatic carbocycles. The van der Waals surface area contributed by atoms with Gasteiger partial charge in [0.05, 0.1) is 31.1 Å². The number of benzene rings is 3. The zero-order chi connectivity index (χ0) is 24.7. The van der Waals surface area contributed by atoms with E-state index in [0.717, 1.165) is 16.1 Å². The number of thioether (sulfide) groups is 1. The van der Waals surface area contributed by atoms with Gasteiger partial charge in [0.15, 0.2) is 11.5 Å². The second-order valence-corrected chi connectivity index (χ2v) is 9.46. The Morgan fingerprint density at radius 1 is 0.971 bits per heavy atom. The lowest BCUT2D eigenvalue weighted by atomic mass is 9.99. The van der Waals surface area contributed by atoms with Crippen LogP contribution in [0.3, 0.4) is 0 Å². The molecule has 8 heteroatoms. The highest BCUT2D eigenvalue weighted by atomic mass is 32.2. The summed E-state index contributed by atoms with van der Waals surface area (Å²) in [5, 5.41) is 22.0. The number of aromatic hydroxyl groups is 2. The largest absolute Gasteiger partial charge is 0.506 e. The first-order valence-corrected chi connectivity index (χ1v) is 11.9. The number of pyridine rings is 1. The molecule has 3 aromatic carbocycles. The molecule has 4 aromatic rings. The Labute approximate surface area is 206 Å². The number of aryl methyl sites for hydroxylation is 1. The van der Waals surface area contributed by atoms with Crippen molar-refractivity contribution in [3.05, 3.63) is 82.1 Å². The van der Waals surface area contributed by atoms with Gasteiger partial charge in [-0.15, -0.1) is 11.8 Å². The van der Waals surface area contributed by atoms with E-state index in [1.807, 2.05) is 36.4 Å². The van der Waals surface area contributed by atoms with Crippen molar-refractivity contribution in [2.75, 3.05) is 14.2 Å². The van der Waals surface area contributed by atoms with Crippen LogP contribution < -0.4 is 15.0 Å².